The zero-order chi connectivity index (χ0) is 19.4. The van der Waals surface area contributed by atoms with Gasteiger partial charge in [-0.2, -0.15) is 0 Å². The molecule has 0 fully saturated rings. The van der Waals surface area contributed by atoms with Gasteiger partial charge in [-0.25, -0.2) is 0 Å². The van der Waals surface area contributed by atoms with Gasteiger partial charge in [0.15, 0.2) is 0 Å². The van der Waals surface area contributed by atoms with Gasteiger partial charge in [0.25, 0.3) is 5.91 Å². The summed E-state index contributed by atoms with van der Waals surface area (Å²) in [4.78, 5) is 18.9. The van der Waals surface area contributed by atoms with Crippen LogP contribution in [-0.2, 0) is 0 Å². The highest BCUT2D eigenvalue weighted by Crippen LogP contribution is 2.22. The van der Waals surface area contributed by atoms with Crippen LogP contribution in [0.1, 0.15) is 21.5 Å². The Bertz CT molecular complexity index is 949. The Morgan fingerprint density at radius 2 is 1.70 bits per heavy atom. The van der Waals surface area contributed by atoms with Crippen molar-refractivity contribution in [2.75, 3.05) is 29.6 Å². The van der Waals surface area contributed by atoms with Crippen molar-refractivity contribution in [1.82, 2.24) is 4.98 Å². The molecular weight excluding hydrogens is 336 g/mol. The minimum absolute atomic E-state index is 0.178. The molecule has 2 N–H and O–H groups in total. The van der Waals surface area contributed by atoms with E-state index in [4.69, 9.17) is 0 Å². The van der Waals surface area contributed by atoms with Crippen molar-refractivity contribution >= 4 is 28.7 Å². The minimum Gasteiger partial charge on any atom is -0.378 e. The second kappa shape index (κ2) is 7.91. The van der Waals surface area contributed by atoms with Gasteiger partial charge in [0.2, 0.25) is 0 Å². The molecule has 27 heavy (non-hydrogen) atoms. The predicted molar refractivity (Wildman–Crippen MR) is 112 cm³/mol. The summed E-state index contributed by atoms with van der Waals surface area (Å²) < 4.78 is 0. The molecule has 5 heteroatoms. The summed E-state index contributed by atoms with van der Waals surface area (Å²) >= 11 is 0. The number of hydrogen-bond acceptors (Lipinski definition) is 4. The van der Waals surface area contributed by atoms with Crippen LogP contribution in [-0.4, -0.2) is 25.0 Å². The Morgan fingerprint density at radius 3 is 2.41 bits per heavy atom. The van der Waals surface area contributed by atoms with E-state index in [9.17, 15) is 4.79 Å². The lowest BCUT2D eigenvalue weighted by atomic mass is 10.1. The average molecular weight is 360 g/mol. The van der Waals surface area contributed by atoms with Gasteiger partial charge in [-0.3, -0.25) is 9.78 Å². The number of nitrogens with zero attached hydrogens (tertiary/aromatic N) is 2. The maximum atomic E-state index is 12.6. The number of carbonyl (C=O) groups is 1. The standard InChI is InChI=1S/C22H24N4O/c1-15-6-5-7-21(16(15)2)25-22(27)17-12-19(14-23-13-17)24-18-8-10-20(11-9-18)26(3)4/h5-14,24H,1-4H3,(H,25,27). The second-order valence-corrected chi connectivity index (χ2v) is 6.73. The van der Waals surface area contributed by atoms with E-state index in [1.54, 1.807) is 18.5 Å². The highest BCUT2D eigenvalue weighted by Gasteiger charge is 2.10. The van der Waals surface area contributed by atoms with E-state index < -0.39 is 0 Å². The average Bonchev–Trinajstić information content (AvgIpc) is 2.66. The molecule has 0 spiro atoms. The molecule has 1 aromatic heterocycles. The van der Waals surface area contributed by atoms with Crippen molar-refractivity contribution in [1.29, 1.82) is 0 Å². The molecule has 0 saturated heterocycles. The Morgan fingerprint density at radius 1 is 0.963 bits per heavy atom. The number of carbonyl (C=O) groups excluding carboxylic acids is 1. The lowest BCUT2D eigenvalue weighted by Gasteiger charge is -2.14. The van der Waals surface area contributed by atoms with Gasteiger partial charge in [0, 0.05) is 37.4 Å². The first-order valence-corrected chi connectivity index (χ1v) is 8.81. The smallest absolute Gasteiger partial charge is 0.257 e. The van der Waals surface area contributed by atoms with Crippen LogP contribution >= 0.6 is 0 Å². The Balaban J connectivity index is 1.74. The molecule has 3 aromatic rings. The number of hydrogen-bond donors (Lipinski definition) is 2. The maximum Gasteiger partial charge on any atom is 0.257 e. The van der Waals surface area contributed by atoms with Gasteiger partial charge in [-0.1, -0.05) is 12.1 Å². The van der Waals surface area contributed by atoms with Crippen molar-refractivity contribution in [2.24, 2.45) is 0 Å². The molecule has 0 aliphatic heterocycles. The van der Waals surface area contributed by atoms with Crippen LogP contribution in [0.3, 0.4) is 0 Å². The van der Waals surface area contributed by atoms with Crippen molar-refractivity contribution in [3.05, 3.63) is 77.6 Å². The van der Waals surface area contributed by atoms with Crippen LogP contribution in [0.2, 0.25) is 0 Å². The van der Waals surface area contributed by atoms with Crippen molar-refractivity contribution in [2.45, 2.75) is 13.8 Å². The molecule has 1 heterocycles. The molecule has 0 radical (unpaired) electrons. The second-order valence-electron chi connectivity index (χ2n) is 6.73. The molecule has 0 saturated carbocycles. The van der Waals surface area contributed by atoms with Gasteiger partial charge in [-0.05, 0) is 61.4 Å². The van der Waals surface area contributed by atoms with Crippen LogP contribution < -0.4 is 15.5 Å². The fraction of sp³-hybridized carbons (Fsp3) is 0.182. The lowest BCUT2D eigenvalue weighted by molar-refractivity contribution is 0.102. The number of aromatic nitrogens is 1. The van der Waals surface area contributed by atoms with Crippen molar-refractivity contribution < 1.29 is 4.79 Å². The zero-order valence-corrected chi connectivity index (χ0v) is 16.1. The van der Waals surface area contributed by atoms with Crippen molar-refractivity contribution in [3.8, 4) is 0 Å². The molecule has 0 bridgehead atoms. The fourth-order valence-corrected chi connectivity index (χ4v) is 2.72. The number of amides is 1. The molecule has 0 aliphatic carbocycles. The van der Waals surface area contributed by atoms with Crippen LogP contribution in [0.4, 0.5) is 22.7 Å². The quantitative estimate of drug-likeness (QED) is 0.689. The summed E-state index contributed by atoms with van der Waals surface area (Å²) in [5.74, 6) is -0.178. The van der Waals surface area contributed by atoms with Gasteiger partial charge < -0.3 is 15.5 Å². The predicted octanol–water partition coefficient (Wildman–Crippen LogP) is 4.76. The fourth-order valence-electron chi connectivity index (χ4n) is 2.72. The van der Waals surface area contributed by atoms with Gasteiger partial charge in [0.05, 0.1) is 17.4 Å². The molecule has 0 atom stereocenters. The summed E-state index contributed by atoms with van der Waals surface area (Å²) in [5.41, 5.74) is 6.36. The Kier molecular flexibility index (Phi) is 5.41. The van der Waals surface area contributed by atoms with E-state index in [1.807, 2.05) is 75.3 Å². The van der Waals surface area contributed by atoms with E-state index in [0.29, 0.717) is 5.56 Å². The number of benzene rings is 2. The maximum absolute atomic E-state index is 12.6. The highest BCUT2D eigenvalue weighted by atomic mass is 16.1. The van der Waals surface area contributed by atoms with Gasteiger partial charge >= 0.3 is 0 Å². The lowest BCUT2D eigenvalue weighted by Crippen LogP contribution is -2.13. The summed E-state index contributed by atoms with van der Waals surface area (Å²) in [6, 6.07) is 15.7. The topological polar surface area (TPSA) is 57.3 Å². The molecule has 3 rings (SSSR count). The molecule has 1 amide bonds. The minimum atomic E-state index is -0.178. The van der Waals surface area contributed by atoms with Gasteiger partial charge in [0.1, 0.15) is 0 Å². The third kappa shape index (κ3) is 4.44. The summed E-state index contributed by atoms with van der Waals surface area (Å²) in [7, 11) is 4.01. The Hall–Kier alpha value is -3.34. The normalized spacial score (nSPS) is 10.4. The number of rotatable bonds is 5. The van der Waals surface area contributed by atoms with Gasteiger partial charge in [-0.15, -0.1) is 0 Å². The molecule has 0 aliphatic rings. The van der Waals surface area contributed by atoms with E-state index in [1.165, 1.54) is 0 Å². The summed E-state index contributed by atoms with van der Waals surface area (Å²) in [5, 5.41) is 6.25. The summed E-state index contributed by atoms with van der Waals surface area (Å²) in [6.45, 7) is 4.03. The van der Waals surface area contributed by atoms with Crippen LogP contribution in [0, 0.1) is 13.8 Å². The zero-order valence-electron chi connectivity index (χ0n) is 16.1. The van der Waals surface area contributed by atoms with E-state index in [2.05, 4.69) is 15.6 Å². The molecule has 2 aromatic carbocycles. The van der Waals surface area contributed by atoms with Crippen LogP contribution in [0.15, 0.2) is 60.9 Å². The van der Waals surface area contributed by atoms with Crippen molar-refractivity contribution in [3.63, 3.8) is 0 Å². The first kappa shape index (κ1) is 18.5. The first-order valence-electron chi connectivity index (χ1n) is 8.81. The first-order chi connectivity index (χ1) is 12.9. The molecular formula is C22H24N4O. The van der Waals surface area contributed by atoms with Crippen LogP contribution in [0.5, 0.6) is 0 Å². The number of aryl methyl sites for hydroxylation is 1. The molecule has 0 unspecified atom stereocenters. The Labute approximate surface area is 160 Å². The number of pyridine rings is 1. The number of anilines is 4. The monoisotopic (exact) mass is 360 g/mol. The third-order valence-corrected chi connectivity index (χ3v) is 4.53. The number of nitrogens with one attached hydrogen (secondary N) is 2. The molecule has 138 valence electrons. The SMILES string of the molecule is Cc1cccc(NC(=O)c2cncc(Nc3ccc(N(C)C)cc3)c2)c1C. The van der Waals surface area contributed by atoms with Crippen LogP contribution in [0.25, 0.3) is 0 Å². The van der Waals surface area contributed by atoms with E-state index >= 15 is 0 Å². The largest absolute Gasteiger partial charge is 0.378 e. The highest BCUT2D eigenvalue weighted by molar-refractivity contribution is 6.05. The summed E-state index contributed by atoms with van der Waals surface area (Å²) in [6.07, 6.45) is 3.27. The molecule has 5 nitrogen and oxygen atoms in total. The van der Waals surface area contributed by atoms with E-state index in [0.717, 1.165) is 33.9 Å². The van der Waals surface area contributed by atoms with E-state index in [-0.39, 0.29) is 5.91 Å². The third-order valence-electron chi connectivity index (χ3n) is 4.53.